The summed E-state index contributed by atoms with van der Waals surface area (Å²) in [6.07, 6.45) is 3.23. The van der Waals surface area contributed by atoms with E-state index in [9.17, 15) is 4.79 Å². The summed E-state index contributed by atoms with van der Waals surface area (Å²) in [6, 6.07) is 7.57. The van der Waals surface area contributed by atoms with Gasteiger partial charge in [-0.25, -0.2) is 4.40 Å². The monoisotopic (exact) mass is 204 g/mol. The van der Waals surface area contributed by atoms with Crippen LogP contribution in [0.4, 0.5) is 0 Å². The standard InChI is InChI=1S/C10H8N2OS/c11-10(13)8-5-6-12-14-9-4-2-1-3-7(8)9/h1-6H,(H2,11,13). The van der Waals surface area contributed by atoms with Gasteiger partial charge in [-0.1, -0.05) is 18.2 Å². The average molecular weight is 204 g/mol. The highest BCUT2D eigenvalue weighted by Gasteiger charge is 2.13. The largest absolute Gasteiger partial charge is 0.366 e. The number of allylic oxidation sites excluding steroid dienone is 1. The molecule has 0 bridgehead atoms. The van der Waals surface area contributed by atoms with Crippen molar-refractivity contribution in [3.63, 3.8) is 0 Å². The van der Waals surface area contributed by atoms with Crippen LogP contribution >= 0.6 is 11.9 Å². The number of carbonyl (C=O) groups is 1. The van der Waals surface area contributed by atoms with E-state index in [-0.39, 0.29) is 0 Å². The topological polar surface area (TPSA) is 55.5 Å². The lowest BCUT2D eigenvalue weighted by Gasteiger charge is -2.04. The molecule has 0 fully saturated rings. The molecule has 4 heteroatoms. The first-order valence-electron chi connectivity index (χ1n) is 4.09. The number of nitrogens with zero attached hydrogens (tertiary/aromatic N) is 1. The van der Waals surface area contributed by atoms with Gasteiger partial charge in [0.15, 0.2) is 0 Å². The lowest BCUT2D eigenvalue weighted by Crippen LogP contribution is -2.13. The summed E-state index contributed by atoms with van der Waals surface area (Å²) < 4.78 is 4.05. The molecule has 1 aliphatic rings. The molecular formula is C10H8N2OS. The van der Waals surface area contributed by atoms with E-state index in [2.05, 4.69) is 4.40 Å². The molecule has 1 heterocycles. The average Bonchev–Trinajstić information content (AvgIpc) is 2.39. The maximum absolute atomic E-state index is 11.2. The zero-order chi connectivity index (χ0) is 9.97. The smallest absolute Gasteiger partial charge is 0.249 e. The Bertz CT molecular complexity index is 438. The van der Waals surface area contributed by atoms with Crippen LogP contribution in [0.2, 0.25) is 0 Å². The van der Waals surface area contributed by atoms with Crippen molar-refractivity contribution in [1.82, 2.24) is 0 Å². The van der Waals surface area contributed by atoms with Gasteiger partial charge in [-0.05, 0) is 12.1 Å². The van der Waals surface area contributed by atoms with Gasteiger partial charge in [-0.3, -0.25) is 4.79 Å². The Morgan fingerprint density at radius 3 is 2.93 bits per heavy atom. The molecule has 0 aromatic heterocycles. The highest BCUT2D eigenvalue weighted by Crippen LogP contribution is 2.30. The Hall–Kier alpha value is -1.55. The van der Waals surface area contributed by atoms with E-state index in [1.807, 2.05) is 24.3 Å². The molecule has 1 aliphatic heterocycles. The predicted molar refractivity (Wildman–Crippen MR) is 58.0 cm³/mol. The van der Waals surface area contributed by atoms with Crippen LogP contribution in [-0.2, 0) is 4.79 Å². The van der Waals surface area contributed by atoms with E-state index in [0.717, 1.165) is 10.5 Å². The normalized spacial score (nSPS) is 14.1. The minimum Gasteiger partial charge on any atom is -0.366 e. The first kappa shape index (κ1) is 9.02. The fourth-order valence-corrected chi connectivity index (χ4v) is 1.92. The molecule has 1 aromatic rings. The minimum atomic E-state index is -0.425. The Labute approximate surface area is 85.9 Å². The molecule has 2 N–H and O–H groups in total. The lowest BCUT2D eigenvalue weighted by molar-refractivity contribution is -0.112. The third-order valence-electron chi connectivity index (χ3n) is 1.90. The third kappa shape index (κ3) is 1.56. The van der Waals surface area contributed by atoms with Crippen molar-refractivity contribution in [2.24, 2.45) is 10.1 Å². The molecule has 0 atom stereocenters. The predicted octanol–water partition coefficient (Wildman–Crippen LogP) is 1.65. The Balaban J connectivity index is 2.59. The van der Waals surface area contributed by atoms with Gasteiger partial charge in [0.2, 0.25) is 5.91 Å². The second-order valence-electron chi connectivity index (χ2n) is 2.79. The third-order valence-corrected chi connectivity index (χ3v) is 2.68. The van der Waals surface area contributed by atoms with Crippen molar-refractivity contribution in [3.05, 3.63) is 35.9 Å². The summed E-state index contributed by atoms with van der Waals surface area (Å²) in [5, 5.41) is 0. The number of rotatable bonds is 1. The number of amides is 1. The Morgan fingerprint density at radius 1 is 1.36 bits per heavy atom. The van der Waals surface area contributed by atoms with Gasteiger partial charge in [-0.15, -0.1) is 0 Å². The minimum absolute atomic E-state index is 0.425. The Morgan fingerprint density at radius 2 is 2.14 bits per heavy atom. The van der Waals surface area contributed by atoms with Crippen LogP contribution in [0.5, 0.6) is 0 Å². The van der Waals surface area contributed by atoms with Gasteiger partial charge >= 0.3 is 0 Å². The van der Waals surface area contributed by atoms with Crippen LogP contribution in [0.15, 0.2) is 39.6 Å². The van der Waals surface area contributed by atoms with Crippen LogP contribution < -0.4 is 5.73 Å². The van der Waals surface area contributed by atoms with Crippen LogP contribution in [0.3, 0.4) is 0 Å². The molecule has 0 spiro atoms. The summed E-state index contributed by atoms with van der Waals surface area (Å²) in [6.45, 7) is 0. The first-order valence-corrected chi connectivity index (χ1v) is 4.86. The molecule has 70 valence electrons. The van der Waals surface area contributed by atoms with Crippen LogP contribution in [-0.4, -0.2) is 12.1 Å². The molecular weight excluding hydrogens is 196 g/mol. The molecule has 1 aromatic carbocycles. The number of primary amides is 1. The van der Waals surface area contributed by atoms with E-state index in [1.54, 1.807) is 12.3 Å². The maximum atomic E-state index is 11.2. The lowest BCUT2D eigenvalue weighted by atomic mass is 10.1. The van der Waals surface area contributed by atoms with Gasteiger partial charge in [0.25, 0.3) is 0 Å². The van der Waals surface area contributed by atoms with Gasteiger partial charge in [0.05, 0.1) is 0 Å². The molecule has 1 amide bonds. The van der Waals surface area contributed by atoms with E-state index in [1.165, 1.54) is 11.9 Å². The highest BCUT2D eigenvalue weighted by molar-refractivity contribution is 7.98. The van der Waals surface area contributed by atoms with Crippen molar-refractivity contribution in [2.45, 2.75) is 4.90 Å². The summed E-state index contributed by atoms with van der Waals surface area (Å²) in [5.74, 6) is -0.425. The second-order valence-corrected chi connectivity index (χ2v) is 3.62. The van der Waals surface area contributed by atoms with Gasteiger partial charge in [-0.2, -0.15) is 0 Å². The summed E-state index contributed by atoms with van der Waals surface area (Å²) >= 11 is 1.34. The van der Waals surface area contributed by atoms with Crippen molar-refractivity contribution in [3.8, 4) is 0 Å². The summed E-state index contributed by atoms with van der Waals surface area (Å²) in [5.41, 5.74) is 6.63. The molecule has 0 unspecified atom stereocenters. The molecule has 0 saturated heterocycles. The first-order chi connectivity index (χ1) is 6.79. The Kier molecular flexibility index (Phi) is 2.37. The van der Waals surface area contributed by atoms with Gasteiger partial charge < -0.3 is 5.73 Å². The fourth-order valence-electron chi connectivity index (χ4n) is 1.27. The SMILES string of the molecule is NC(=O)C1=CC=NSc2ccccc21. The van der Waals surface area contributed by atoms with Gasteiger partial charge in [0.1, 0.15) is 0 Å². The van der Waals surface area contributed by atoms with Crippen LogP contribution in [0, 0.1) is 0 Å². The van der Waals surface area contributed by atoms with Crippen molar-refractivity contribution in [1.29, 1.82) is 0 Å². The molecule has 14 heavy (non-hydrogen) atoms. The van der Waals surface area contributed by atoms with E-state index in [4.69, 9.17) is 5.73 Å². The van der Waals surface area contributed by atoms with E-state index >= 15 is 0 Å². The molecule has 0 radical (unpaired) electrons. The highest BCUT2D eigenvalue weighted by atomic mass is 32.2. The van der Waals surface area contributed by atoms with E-state index in [0.29, 0.717) is 5.57 Å². The van der Waals surface area contributed by atoms with Crippen LogP contribution in [0.25, 0.3) is 5.57 Å². The molecule has 0 aliphatic carbocycles. The number of nitrogens with two attached hydrogens (primary N) is 1. The molecule has 3 nitrogen and oxygen atoms in total. The number of fused-ring (bicyclic) bond motifs is 1. The number of hydrogen-bond donors (Lipinski definition) is 1. The summed E-state index contributed by atoms with van der Waals surface area (Å²) in [4.78, 5) is 12.1. The zero-order valence-corrected chi connectivity index (χ0v) is 8.12. The van der Waals surface area contributed by atoms with Crippen molar-refractivity contribution in [2.75, 3.05) is 0 Å². The molecule has 2 rings (SSSR count). The number of hydrogen-bond acceptors (Lipinski definition) is 3. The second kappa shape index (κ2) is 3.67. The van der Waals surface area contributed by atoms with Crippen molar-refractivity contribution >= 4 is 29.6 Å². The van der Waals surface area contributed by atoms with Gasteiger partial charge in [0, 0.05) is 34.2 Å². The quantitative estimate of drug-likeness (QED) is 0.707. The number of carbonyl (C=O) groups excluding carboxylic acids is 1. The molecule has 0 saturated carbocycles. The van der Waals surface area contributed by atoms with Crippen LogP contribution in [0.1, 0.15) is 5.56 Å². The number of benzene rings is 1. The summed E-state index contributed by atoms with van der Waals surface area (Å²) in [7, 11) is 0. The van der Waals surface area contributed by atoms with E-state index < -0.39 is 5.91 Å². The van der Waals surface area contributed by atoms with Crippen molar-refractivity contribution < 1.29 is 4.79 Å². The fraction of sp³-hybridized carbons (Fsp3) is 0. The zero-order valence-electron chi connectivity index (χ0n) is 7.31. The maximum Gasteiger partial charge on any atom is 0.249 e.